The van der Waals surface area contributed by atoms with Gasteiger partial charge in [0.05, 0.1) is 0 Å². The maximum absolute atomic E-state index is 12.8. The molecule has 0 radical (unpaired) electrons. The number of aromatic nitrogens is 2. The molecule has 0 bridgehead atoms. The topological polar surface area (TPSA) is 71.7 Å². The van der Waals surface area contributed by atoms with Crippen LogP contribution in [-0.2, 0) is 11.2 Å². The van der Waals surface area contributed by atoms with E-state index >= 15 is 0 Å². The zero-order chi connectivity index (χ0) is 21.8. The number of hydrogen-bond acceptors (Lipinski definition) is 6. The van der Waals surface area contributed by atoms with Crippen molar-refractivity contribution in [2.75, 3.05) is 31.1 Å². The molecule has 1 unspecified atom stereocenters. The summed E-state index contributed by atoms with van der Waals surface area (Å²) in [5, 5.41) is 4.60. The van der Waals surface area contributed by atoms with Gasteiger partial charge < -0.3 is 19.1 Å². The number of hydrogen-bond donors (Lipinski definition) is 0. The normalized spacial score (nSPS) is 15.1. The lowest BCUT2D eigenvalue weighted by molar-refractivity contribution is -0.138. The standard InChI is InChI=1S/C23H25ClN4O3/c1-3-21-25-22(26-31-21)17-7-9-19(10-8-17)27-11-13-28(14-12-27)23(29)16(2)30-20-6-4-5-18(24)15-20/h4-10,15-16H,3,11-14H2,1-2H3. The van der Waals surface area contributed by atoms with Crippen molar-refractivity contribution in [3.63, 3.8) is 0 Å². The van der Waals surface area contributed by atoms with Gasteiger partial charge in [0.25, 0.3) is 5.91 Å². The fourth-order valence-electron chi connectivity index (χ4n) is 3.57. The molecular weight excluding hydrogens is 416 g/mol. The summed E-state index contributed by atoms with van der Waals surface area (Å²) in [4.78, 5) is 21.3. The summed E-state index contributed by atoms with van der Waals surface area (Å²) >= 11 is 5.99. The first-order valence-electron chi connectivity index (χ1n) is 10.4. The van der Waals surface area contributed by atoms with Crippen molar-refractivity contribution in [1.82, 2.24) is 15.0 Å². The highest BCUT2D eigenvalue weighted by Gasteiger charge is 2.26. The van der Waals surface area contributed by atoms with E-state index < -0.39 is 6.10 Å². The van der Waals surface area contributed by atoms with Crippen LogP contribution in [0.1, 0.15) is 19.7 Å². The number of aryl methyl sites for hydroxylation is 1. The van der Waals surface area contributed by atoms with Gasteiger partial charge in [-0.1, -0.05) is 29.7 Å². The minimum Gasteiger partial charge on any atom is -0.481 e. The molecule has 1 aliphatic heterocycles. The Hall–Kier alpha value is -3.06. The summed E-state index contributed by atoms with van der Waals surface area (Å²) in [6.07, 6.45) is 0.156. The van der Waals surface area contributed by atoms with E-state index in [1.807, 2.05) is 24.0 Å². The number of benzene rings is 2. The molecule has 0 aliphatic carbocycles. The Morgan fingerprint density at radius 2 is 1.90 bits per heavy atom. The van der Waals surface area contributed by atoms with Gasteiger partial charge in [0.2, 0.25) is 11.7 Å². The average Bonchev–Trinajstić information content (AvgIpc) is 3.28. The first-order valence-corrected chi connectivity index (χ1v) is 10.8. The predicted molar refractivity (Wildman–Crippen MR) is 119 cm³/mol. The number of amides is 1. The SMILES string of the molecule is CCc1nc(-c2ccc(N3CCN(C(=O)C(C)Oc4cccc(Cl)c4)CC3)cc2)no1. The third-order valence-corrected chi connectivity index (χ3v) is 5.54. The largest absolute Gasteiger partial charge is 0.481 e. The van der Waals surface area contributed by atoms with Gasteiger partial charge in [0.1, 0.15) is 5.75 Å². The number of halogens is 1. The zero-order valence-electron chi connectivity index (χ0n) is 17.6. The van der Waals surface area contributed by atoms with Crippen LogP contribution in [0.4, 0.5) is 5.69 Å². The molecule has 7 nitrogen and oxygen atoms in total. The van der Waals surface area contributed by atoms with E-state index in [2.05, 4.69) is 27.2 Å². The highest BCUT2D eigenvalue weighted by Crippen LogP contribution is 2.23. The smallest absolute Gasteiger partial charge is 0.263 e. The first-order chi connectivity index (χ1) is 15.0. The van der Waals surface area contributed by atoms with Gasteiger partial charge in [-0.25, -0.2) is 0 Å². The molecule has 2 heterocycles. The van der Waals surface area contributed by atoms with Gasteiger partial charge in [-0.05, 0) is 49.4 Å². The number of piperazine rings is 1. The minimum atomic E-state index is -0.563. The van der Waals surface area contributed by atoms with E-state index in [4.69, 9.17) is 20.9 Å². The molecule has 1 amide bonds. The van der Waals surface area contributed by atoms with Crippen LogP contribution >= 0.6 is 11.6 Å². The number of nitrogens with zero attached hydrogens (tertiary/aromatic N) is 4. The van der Waals surface area contributed by atoms with E-state index in [9.17, 15) is 4.79 Å². The van der Waals surface area contributed by atoms with Gasteiger partial charge >= 0.3 is 0 Å². The van der Waals surface area contributed by atoms with Crippen LogP contribution in [0.15, 0.2) is 53.1 Å². The Kier molecular flexibility index (Phi) is 6.42. The Balaban J connectivity index is 1.32. The van der Waals surface area contributed by atoms with Crippen LogP contribution < -0.4 is 9.64 Å². The van der Waals surface area contributed by atoms with E-state index in [-0.39, 0.29) is 5.91 Å². The van der Waals surface area contributed by atoms with Crippen LogP contribution in [0.25, 0.3) is 11.4 Å². The second-order valence-electron chi connectivity index (χ2n) is 7.44. The summed E-state index contributed by atoms with van der Waals surface area (Å²) in [6.45, 7) is 6.57. The maximum Gasteiger partial charge on any atom is 0.263 e. The average molecular weight is 441 g/mol. The van der Waals surface area contributed by atoms with Crippen LogP contribution in [0.5, 0.6) is 5.75 Å². The van der Waals surface area contributed by atoms with E-state index in [0.29, 0.717) is 35.6 Å². The molecule has 1 saturated heterocycles. The lowest BCUT2D eigenvalue weighted by atomic mass is 10.1. The molecular formula is C23H25ClN4O3. The Labute approximate surface area is 186 Å². The lowest BCUT2D eigenvalue weighted by Gasteiger charge is -2.37. The second-order valence-corrected chi connectivity index (χ2v) is 7.88. The van der Waals surface area contributed by atoms with Gasteiger partial charge in [-0.15, -0.1) is 0 Å². The van der Waals surface area contributed by atoms with E-state index in [0.717, 1.165) is 30.8 Å². The Morgan fingerprint density at radius 1 is 1.16 bits per heavy atom. The summed E-state index contributed by atoms with van der Waals surface area (Å²) in [7, 11) is 0. The fraction of sp³-hybridized carbons (Fsp3) is 0.348. The molecule has 0 N–H and O–H groups in total. The van der Waals surface area contributed by atoms with Crippen molar-refractivity contribution in [1.29, 1.82) is 0 Å². The summed E-state index contributed by atoms with van der Waals surface area (Å²) in [5.41, 5.74) is 2.03. The number of carbonyl (C=O) groups excluding carboxylic acids is 1. The third-order valence-electron chi connectivity index (χ3n) is 5.31. The molecule has 3 aromatic rings. The highest BCUT2D eigenvalue weighted by atomic mass is 35.5. The van der Waals surface area contributed by atoms with Crippen molar-refractivity contribution in [3.05, 3.63) is 59.4 Å². The monoisotopic (exact) mass is 440 g/mol. The van der Waals surface area contributed by atoms with Gasteiger partial charge in [0, 0.05) is 48.9 Å². The van der Waals surface area contributed by atoms with Crippen LogP contribution in [0.3, 0.4) is 0 Å². The molecule has 2 aromatic carbocycles. The number of carbonyl (C=O) groups is 1. The summed E-state index contributed by atoms with van der Waals surface area (Å²) < 4.78 is 11.0. The molecule has 162 valence electrons. The van der Waals surface area contributed by atoms with Gasteiger partial charge in [-0.3, -0.25) is 4.79 Å². The van der Waals surface area contributed by atoms with Gasteiger partial charge in [-0.2, -0.15) is 4.98 Å². The van der Waals surface area contributed by atoms with E-state index in [1.165, 1.54) is 0 Å². The van der Waals surface area contributed by atoms with Crippen molar-refractivity contribution in [3.8, 4) is 17.1 Å². The molecule has 1 atom stereocenters. The Bertz CT molecular complexity index is 1030. The minimum absolute atomic E-state index is 0.0150. The zero-order valence-corrected chi connectivity index (χ0v) is 18.4. The van der Waals surface area contributed by atoms with E-state index in [1.54, 1.807) is 31.2 Å². The van der Waals surface area contributed by atoms with Crippen molar-refractivity contribution in [2.24, 2.45) is 0 Å². The number of rotatable bonds is 6. The molecule has 1 fully saturated rings. The molecule has 1 aromatic heterocycles. The molecule has 1 aliphatic rings. The summed E-state index contributed by atoms with van der Waals surface area (Å²) in [6, 6.07) is 15.2. The number of ether oxygens (including phenoxy) is 1. The second kappa shape index (κ2) is 9.39. The van der Waals surface area contributed by atoms with Crippen LogP contribution in [-0.4, -0.2) is 53.2 Å². The van der Waals surface area contributed by atoms with Crippen LogP contribution in [0, 0.1) is 0 Å². The maximum atomic E-state index is 12.8. The molecule has 0 saturated carbocycles. The third kappa shape index (κ3) is 4.99. The quantitative estimate of drug-likeness (QED) is 0.575. The van der Waals surface area contributed by atoms with Gasteiger partial charge in [0.15, 0.2) is 6.10 Å². The first kappa shape index (κ1) is 21.2. The number of anilines is 1. The van der Waals surface area contributed by atoms with Crippen LogP contribution in [0.2, 0.25) is 5.02 Å². The predicted octanol–water partition coefficient (Wildman–Crippen LogP) is 4.07. The molecule has 0 spiro atoms. The highest BCUT2D eigenvalue weighted by molar-refractivity contribution is 6.30. The molecule has 31 heavy (non-hydrogen) atoms. The van der Waals surface area contributed by atoms with Crippen molar-refractivity contribution < 1.29 is 14.1 Å². The molecule has 4 rings (SSSR count). The Morgan fingerprint density at radius 3 is 2.55 bits per heavy atom. The van der Waals surface area contributed by atoms with Crippen molar-refractivity contribution >= 4 is 23.2 Å². The lowest BCUT2D eigenvalue weighted by Crippen LogP contribution is -2.52. The van der Waals surface area contributed by atoms with Crippen molar-refractivity contribution in [2.45, 2.75) is 26.4 Å². The summed E-state index contributed by atoms with van der Waals surface area (Å²) in [5.74, 6) is 1.82. The fourth-order valence-corrected chi connectivity index (χ4v) is 3.75. The molecule has 8 heteroatoms.